The van der Waals surface area contributed by atoms with E-state index in [1.807, 2.05) is 6.92 Å². The molecule has 0 saturated carbocycles. The first-order valence-corrected chi connectivity index (χ1v) is 9.18. The van der Waals surface area contributed by atoms with Gasteiger partial charge < -0.3 is 5.32 Å². The molecule has 1 heterocycles. The molecule has 86 valence electrons. The Morgan fingerprint density at radius 2 is 1.93 bits per heavy atom. The van der Waals surface area contributed by atoms with Gasteiger partial charge in [0.05, 0.1) is 8.07 Å². The normalized spacial score (nSPS) is 22.1. The second kappa shape index (κ2) is 4.34. The maximum atomic E-state index is 11.8. The van der Waals surface area contributed by atoms with Gasteiger partial charge in [-0.3, -0.25) is 9.69 Å². The fourth-order valence-corrected chi connectivity index (χ4v) is 2.93. The topological polar surface area (TPSA) is 49.4 Å². The van der Waals surface area contributed by atoms with Gasteiger partial charge in [0.1, 0.15) is 6.04 Å². The van der Waals surface area contributed by atoms with Crippen LogP contribution in [0.25, 0.3) is 0 Å². The highest BCUT2D eigenvalue weighted by Crippen LogP contribution is 2.14. The molecule has 0 unspecified atom stereocenters. The van der Waals surface area contributed by atoms with Crippen LogP contribution in [0.4, 0.5) is 4.79 Å². The SMILES string of the molecule is CCC[C@@H]1NC(=O)N(C[Si](C)(C)C)C1=O. The van der Waals surface area contributed by atoms with Crippen LogP contribution in [-0.2, 0) is 4.79 Å². The van der Waals surface area contributed by atoms with Gasteiger partial charge in [-0.2, -0.15) is 0 Å². The van der Waals surface area contributed by atoms with Crippen LogP contribution in [0, 0.1) is 0 Å². The molecule has 0 aromatic heterocycles. The first-order chi connectivity index (χ1) is 6.85. The highest BCUT2D eigenvalue weighted by atomic mass is 28.3. The summed E-state index contributed by atoms with van der Waals surface area (Å²) in [4.78, 5) is 24.8. The Kier molecular flexibility index (Phi) is 3.54. The third-order valence-corrected chi connectivity index (χ3v) is 3.58. The van der Waals surface area contributed by atoms with Gasteiger partial charge in [0.15, 0.2) is 0 Å². The zero-order valence-electron chi connectivity index (χ0n) is 9.96. The highest BCUT2D eigenvalue weighted by Gasteiger charge is 2.39. The van der Waals surface area contributed by atoms with E-state index in [1.165, 1.54) is 4.90 Å². The lowest BCUT2D eigenvalue weighted by Crippen LogP contribution is -2.44. The maximum absolute atomic E-state index is 11.8. The van der Waals surface area contributed by atoms with Crippen molar-refractivity contribution in [3.05, 3.63) is 0 Å². The summed E-state index contributed by atoms with van der Waals surface area (Å²) in [5.41, 5.74) is 0. The predicted molar refractivity (Wildman–Crippen MR) is 62.3 cm³/mol. The standard InChI is InChI=1S/C10H20N2O2Si/c1-5-6-8-9(13)12(10(14)11-8)7-15(2,3)4/h8H,5-7H2,1-4H3,(H,11,14)/t8-/m0/s1. The van der Waals surface area contributed by atoms with Crippen LogP contribution >= 0.6 is 0 Å². The van der Waals surface area contributed by atoms with E-state index < -0.39 is 8.07 Å². The number of rotatable bonds is 4. The van der Waals surface area contributed by atoms with E-state index in [4.69, 9.17) is 0 Å². The maximum Gasteiger partial charge on any atom is 0.324 e. The molecule has 0 bridgehead atoms. The molecule has 0 radical (unpaired) electrons. The first kappa shape index (κ1) is 12.2. The molecule has 1 saturated heterocycles. The van der Waals surface area contributed by atoms with Crippen LogP contribution in [0.3, 0.4) is 0 Å². The number of carbonyl (C=O) groups excluding carboxylic acids is 2. The number of imide groups is 1. The lowest BCUT2D eigenvalue weighted by molar-refractivity contribution is -0.127. The van der Waals surface area contributed by atoms with Gasteiger partial charge in [-0.1, -0.05) is 33.0 Å². The Hall–Kier alpha value is -0.843. The Morgan fingerprint density at radius 3 is 2.40 bits per heavy atom. The molecule has 1 fully saturated rings. The summed E-state index contributed by atoms with van der Waals surface area (Å²) in [7, 11) is -1.41. The molecule has 0 spiro atoms. The lowest BCUT2D eigenvalue weighted by Gasteiger charge is -2.22. The Morgan fingerprint density at radius 1 is 1.33 bits per heavy atom. The molecule has 1 aliphatic heterocycles. The fourth-order valence-electron chi connectivity index (χ4n) is 1.69. The molecule has 0 aromatic carbocycles. The van der Waals surface area contributed by atoms with E-state index in [0.717, 1.165) is 12.8 Å². The summed E-state index contributed by atoms with van der Waals surface area (Å²) < 4.78 is 0. The van der Waals surface area contributed by atoms with Crippen LogP contribution in [0.15, 0.2) is 0 Å². The largest absolute Gasteiger partial charge is 0.326 e. The van der Waals surface area contributed by atoms with Crippen molar-refractivity contribution in [1.82, 2.24) is 10.2 Å². The Balaban J connectivity index is 2.67. The zero-order valence-corrected chi connectivity index (χ0v) is 11.0. The molecule has 4 nitrogen and oxygen atoms in total. The van der Waals surface area contributed by atoms with Crippen LogP contribution in [0.1, 0.15) is 19.8 Å². The average molecular weight is 228 g/mol. The Labute approximate surface area is 92.0 Å². The van der Waals surface area contributed by atoms with Crippen molar-refractivity contribution in [2.45, 2.75) is 45.4 Å². The van der Waals surface area contributed by atoms with Crippen molar-refractivity contribution >= 4 is 20.0 Å². The summed E-state index contributed by atoms with van der Waals surface area (Å²) in [5, 5.41) is 2.74. The predicted octanol–water partition coefficient (Wildman–Crippen LogP) is 1.58. The van der Waals surface area contributed by atoms with Crippen molar-refractivity contribution < 1.29 is 9.59 Å². The molecule has 1 aliphatic rings. The molecular formula is C10H20N2O2Si. The number of nitrogens with one attached hydrogen (secondary N) is 1. The number of amides is 3. The zero-order chi connectivity index (χ0) is 11.6. The molecule has 3 amide bonds. The number of carbonyl (C=O) groups is 2. The number of hydrogen-bond acceptors (Lipinski definition) is 2. The van der Waals surface area contributed by atoms with Crippen molar-refractivity contribution in [1.29, 1.82) is 0 Å². The number of urea groups is 1. The minimum absolute atomic E-state index is 0.0377. The summed E-state index contributed by atoms with van der Waals surface area (Å²) in [5.74, 6) is -0.0377. The Bertz CT molecular complexity index is 273. The van der Waals surface area contributed by atoms with Crippen LogP contribution in [0.2, 0.25) is 19.6 Å². The van der Waals surface area contributed by atoms with E-state index in [2.05, 4.69) is 25.0 Å². The van der Waals surface area contributed by atoms with Gasteiger partial charge >= 0.3 is 6.03 Å². The van der Waals surface area contributed by atoms with Gasteiger partial charge in [0.2, 0.25) is 0 Å². The molecule has 1 atom stereocenters. The van der Waals surface area contributed by atoms with E-state index in [-0.39, 0.29) is 18.0 Å². The monoisotopic (exact) mass is 228 g/mol. The summed E-state index contributed by atoms with van der Waals surface area (Å²) in [6, 6.07) is -0.486. The lowest BCUT2D eigenvalue weighted by atomic mass is 10.2. The smallest absolute Gasteiger partial charge is 0.324 e. The van der Waals surface area contributed by atoms with Crippen molar-refractivity contribution in [2.75, 3.05) is 6.17 Å². The summed E-state index contributed by atoms with van der Waals surface area (Å²) in [6.07, 6.45) is 2.28. The molecule has 1 rings (SSSR count). The van der Waals surface area contributed by atoms with E-state index in [0.29, 0.717) is 6.17 Å². The molecular weight excluding hydrogens is 208 g/mol. The average Bonchev–Trinajstić information content (AvgIpc) is 2.32. The quantitative estimate of drug-likeness (QED) is 0.587. The molecule has 0 aromatic rings. The highest BCUT2D eigenvalue weighted by molar-refractivity contribution is 6.76. The van der Waals surface area contributed by atoms with E-state index in [9.17, 15) is 9.59 Å². The minimum atomic E-state index is -1.41. The first-order valence-electron chi connectivity index (χ1n) is 5.47. The van der Waals surface area contributed by atoms with Gasteiger partial charge in [-0.05, 0) is 6.42 Å². The molecule has 1 N–H and O–H groups in total. The third-order valence-electron chi connectivity index (χ3n) is 2.32. The van der Waals surface area contributed by atoms with Gasteiger partial charge in [0.25, 0.3) is 5.91 Å². The van der Waals surface area contributed by atoms with E-state index in [1.54, 1.807) is 0 Å². The van der Waals surface area contributed by atoms with Gasteiger partial charge in [-0.25, -0.2) is 4.79 Å². The van der Waals surface area contributed by atoms with Crippen LogP contribution in [-0.4, -0.2) is 37.1 Å². The van der Waals surface area contributed by atoms with Crippen molar-refractivity contribution in [2.24, 2.45) is 0 Å². The van der Waals surface area contributed by atoms with Crippen molar-refractivity contribution in [3.63, 3.8) is 0 Å². The van der Waals surface area contributed by atoms with E-state index >= 15 is 0 Å². The molecule has 15 heavy (non-hydrogen) atoms. The third kappa shape index (κ3) is 3.05. The summed E-state index contributed by atoms with van der Waals surface area (Å²) >= 11 is 0. The number of nitrogens with zero attached hydrogens (tertiary/aromatic N) is 1. The second-order valence-electron chi connectivity index (χ2n) is 5.28. The van der Waals surface area contributed by atoms with Gasteiger partial charge in [-0.15, -0.1) is 0 Å². The summed E-state index contributed by atoms with van der Waals surface area (Å²) in [6.45, 7) is 8.47. The van der Waals surface area contributed by atoms with Crippen LogP contribution < -0.4 is 5.32 Å². The molecule has 0 aliphatic carbocycles. The van der Waals surface area contributed by atoms with Crippen LogP contribution in [0.5, 0.6) is 0 Å². The minimum Gasteiger partial charge on any atom is -0.326 e. The fraction of sp³-hybridized carbons (Fsp3) is 0.800. The second-order valence-corrected chi connectivity index (χ2v) is 10.7. The van der Waals surface area contributed by atoms with Crippen molar-refractivity contribution in [3.8, 4) is 0 Å². The van der Waals surface area contributed by atoms with Gasteiger partial charge in [0, 0.05) is 6.17 Å². The molecule has 5 heteroatoms. The number of hydrogen-bond donors (Lipinski definition) is 1.